The molecule has 3 nitrogen and oxygen atoms in total. The van der Waals surface area contributed by atoms with Crippen molar-refractivity contribution < 1.29 is 9.47 Å². The molecule has 0 saturated heterocycles. The minimum Gasteiger partial charge on any atom is -0.373 e. The predicted molar refractivity (Wildman–Crippen MR) is 198 cm³/mol. The van der Waals surface area contributed by atoms with E-state index in [0.717, 1.165) is 26.0 Å². The Labute approximate surface area is 293 Å². The van der Waals surface area contributed by atoms with Crippen LogP contribution in [-0.2, 0) is 22.7 Å². The quantitative estimate of drug-likeness (QED) is 0.288. The van der Waals surface area contributed by atoms with Crippen molar-refractivity contribution in [1.29, 1.82) is 0 Å². The van der Waals surface area contributed by atoms with Crippen molar-refractivity contribution >= 4 is 0 Å². The monoisotopic (exact) mass is 652 g/mol. The summed E-state index contributed by atoms with van der Waals surface area (Å²) < 4.78 is 13.8. The zero-order valence-corrected chi connectivity index (χ0v) is 31.5. The lowest BCUT2D eigenvalue weighted by molar-refractivity contribution is -0.221. The summed E-state index contributed by atoms with van der Waals surface area (Å²) in [5, 5.41) is 3.65. The van der Waals surface area contributed by atoms with Gasteiger partial charge >= 0.3 is 0 Å². The SMILES string of the molecule is CNC[C@@]1(C)C2CC[C@]3(C)[C@H](CC=C4[C@H]5CC(C)(C)C[C@@H](OCc6ccccc6)[C@]5(C)CC[C@]43C)[C@@]2(C)CC[C@@H]1OCc1ccccc1. The van der Waals surface area contributed by atoms with Crippen molar-refractivity contribution in [3.05, 3.63) is 83.4 Å². The first-order valence-electron chi connectivity index (χ1n) is 19.5. The predicted octanol–water partition coefficient (Wildman–Crippen LogP) is 10.8. The lowest BCUT2D eigenvalue weighted by Crippen LogP contribution is -2.66. The maximum Gasteiger partial charge on any atom is 0.0720 e. The number of hydrogen-bond donors (Lipinski definition) is 1. The molecular weight excluding hydrogens is 587 g/mol. The van der Waals surface area contributed by atoms with Gasteiger partial charge in [-0.1, -0.05) is 121 Å². The summed E-state index contributed by atoms with van der Waals surface area (Å²) >= 11 is 0. The first kappa shape index (κ1) is 34.5. The van der Waals surface area contributed by atoms with Crippen LogP contribution in [0.25, 0.3) is 0 Å². The van der Waals surface area contributed by atoms with E-state index in [2.05, 4.69) is 128 Å². The van der Waals surface area contributed by atoms with E-state index in [1.165, 1.54) is 56.1 Å². The first-order chi connectivity index (χ1) is 22.8. The van der Waals surface area contributed by atoms with E-state index in [1.54, 1.807) is 0 Å². The van der Waals surface area contributed by atoms with Crippen LogP contribution >= 0.6 is 0 Å². The maximum absolute atomic E-state index is 6.97. The summed E-state index contributed by atoms with van der Waals surface area (Å²) in [6.45, 7) is 20.8. The standard InChI is InChI=1S/C45H65NO2/c1-40(2)27-35-34-19-20-37-42(4)23-22-38(47-29-32-15-11-9-12-16-32)43(5,31-46-8)36(42)21-24-45(37,7)44(34,6)26-25-41(35,3)39(28-40)48-30-33-17-13-10-14-18-33/h9-19,35-39,46H,20-31H2,1-8H3/t35-,36?,37-,38+,39-,41-,42+,43+,44-,45-/m1/s1. The van der Waals surface area contributed by atoms with Crippen LogP contribution in [0.1, 0.15) is 117 Å². The van der Waals surface area contributed by atoms with Gasteiger partial charge in [0.25, 0.3) is 0 Å². The second-order valence-corrected chi connectivity index (χ2v) is 19.1. The van der Waals surface area contributed by atoms with E-state index in [0.29, 0.717) is 41.3 Å². The highest BCUT2D eigenvalue weighted by atomic mass is 16.5. The van der Waals surface area contributed by atoms with Gasteiger partial charge in [-0.15, -0.1) is 0 Å². The molecule has 5 aliphatic rings. The van der Waals surface area contributed by atoms with Crippen LogP contribution in [0.15, 0.2) is 72.3 Å². The Morgan fingerprint density at radius 2 is 1.29 bits per heavy atom. The number of rotatable bonds is 8. The van der Waals surface area contributed by atoms with Gasteiger partial charge < -0.3 is 14.8 Å². The lowest BCUT2D eigenvalue weighted by atomic mass is 9.33. The third-order valence-corrected chi connectivity index (χ3v) is 16.0. The third-order valence-electron chi connectivity index (χ3n) is 16.0. The molecule has 4 fully saturated rings. The Balaban J connectivity index is 1.18. The van der Waals surface area contributed by atoms with Gasteiger partial charge in [0.2, 0.25) is 0 Å². The molecule has 48 heavy (non-hydrogen) atoms. The topological polar surface area (TPSA) is 30.5 Å². The van der Waals surface area contributed by atoms with Crippen molar-refractivity contribution in [1.82, 2.24) is 5.32 Å². The van der Waals surface area contributed by atoms with E-state index in [-0.39, 0.29) is 27.8 Å². The number of fused-ring (bicyclic) bond motifs is 7. The number of benzene rings is 2. The van der Waals surface area contributed by atoms with Gasteiger partial charge in [-0.25, -0.2) is 0 Å². The van der Waals surface area contributed by atoms with Crippen LogP contribution in [-0.4, -0.2) is 25.8 Å². The second-order valence-electron chi connectivity index (χ2n) is 19.1. The Morgan fingerprint density at radius 3 is 1.92 bits per heavy atom. The van der Waals surface area contributed by atoms with E-state index < -0.39 is 0 Å². The molecule has 262 valence electrons. The number of ether oxygens (including phenoxy) is 2. The molecule has 0 heterocycles. The highest BCUT2D eigenvalue weighted by Crippen LogP contribution is 2.76. The van der Waals surface area contributed by atoms with Crippen molar-refractivity contribution in [2.45, 2.75) is 132 Å². The van der Waals surface area contributed by atoms with Crippen LogP contribution in [0.4, 0.5) is 0 Å². The summed E-state index contributed by atoms with van der Waals surface area (Å²) in [5.74, 6) is 1.96. The van der Waals surface area contributed by atoms with Crippen molar-refractivity contribution in [3.63, 3.8) is 0 Å². The van der Waals surface area contributed by atoms with E-state index in [1.807, 2.05) is 5.57 Å². The van der Waals surface area contributed by atoms with Gasteiger partial charge in [0.15, 0.2) is 0 Å². The zero-order chi connectivity index (χ0) is 34.0. The minimum atomic E-state index is 0.116. The fraction of sp³-hybridized carbons (Fsp3) is 0.689. The van der Waals surface area contributed by atoms with E-state index >= 15 is 0 Å². The number of nitrogens with one attached hydrogen (secondary N) is 1. The van der Waals surface area contributed by atoms with Gasteiger partial charge in [0, 0.05) is 17.4 Å². The summed E-state index contributed by atoms with van der Waals surface area (Å²) in [6, 6.07) is 21.6. The first-order valence-corrected chi connectivity index (χ1v) is 19.5. The third kappa shape index (κ3) is 5.39. The average Bonchev–Trinajstić information content (AvgIpc) is 3.05. The average molecular weight is 652 g/mol. The molecule has 0 bridgehead atoms. The summed E-state index contributed by atoms with van der Waals surface area (Å²) in [7, 11) is 2.15. The summed E-state index contributed by atoms with van der Waals surface area (Å²) in [5.41, 5.74) is 5.85. The lowest BCUT2D eigenvalue weighted by Gasteiger charge is -2.72. The molecule has 0 amide bonds. The fourth-order valence-electron chi connectivity index (χ4n) is 13.1. The number of allylic oxidation sites excluding steroid dienone is 2. The summed E-state index contributed by atoms with van der Waals surface area (Å²) in [6.07, 6.45) is 14.7. The van der Waals surface area contributed by atoms with Gasteiger partial charge in [-0.3, -0.25) is 0 Å². The molecule has 0 spiro atoms. The van der Waals surface area contributed by atoms with Crippen molar-refractivity contribution in [3.8, 4) is 0 Å². The smallest absolute Gasteiger partial charge is 0.0720 e. The van der Waals surface area contributed by atoms with E-state index in [4.69, 9.17) is 9.47 Å². The van der Waals surface area contributed by atoms with Crippen molar-refractivity contribution in [2.24, 2.45) is 50.2 Å². The highest BCUT2D eigenvalue weighted by molar-refractivity contribution is 5.34. The van der Waals surface area contributed by atoms with Crippen LogP contribution in [0.3, 0.4) is 0 Å². The molecule has 0 radical (unpaired) electrons. The molecule has 0 aromatic heterocycles. The van der Waals surface area contributed by atoms with Gasteiger partial charge in [0.05, 0.1) is 25.4 Å². The molecule has 7 rings (SSSR count). The normalized spacial score (nSPS) is 43.2. The molecule has 5 aliphatic carbocycles. The molecule has 4 saturated carbocycles. The van der Waals surface area contributed by atoms with Gasteiger partial charge in [-0.05, 0) is 115 Å². The Morgan fingerprint density at radius 1 is 0.667 bits per heavy atom. The molecule has 0 aliphatic heterocycles. The Bertz CT molecular complexity index is 1470. The molecule has 2 aromatic rings. The molecule has 1 N–H and O–H groups in total. The minimum absolute atomic E-state index is 0.116. The summed E-state index contributed by atoms with van der Waals surface area (Å²) in [4.78, 5) is 0. The largest absolute Gasteiger partial charge is 0.373 e. The van der Waals surface area contributed by atoms with Crippen LogP contribution in [0.5, 0.6) is 0 Å². The highest BCUT2D eigenvalue weighted by Gasteiger charge is 2.69. The van der Waals surface area contributed by atoms with Crippen LogP contribution in [0.2, 0.25) is 0 Å². The molecule has 3 heteroatoms. The molecule has 10 atom stereocenters. The van der Waals surface area contributed by atoms with Crippen LogP contribution < -0.4 is 5.32 Å². The Kier molecular flexibility index (Phi) is 8.90. The molecule has 1 unspecified atom stereocenters. The van der Waals surface area contributed by atoms with Crippen molar-refractivity contribution in [2.75, 3.05) is 13.6 Å². The molecular formula is C45H65NO2. The Hall–Kier alpha value is -1.94. The number of hydrogen-bond acceptors (Lipinski definition) is 3. The second kappa shape index (κ2) is 12.4. The van der Waals surface area contributed by atoms with E-state index in [9.17, 15) is 0 Å². The fourth-order valence-corrected chi connectivity index (χ4v) is 13.1. The maximum atomic E-state index is 6.97. The molecule has 2 aromatic carbocycles. The zero-order valence-electron chi connectivity index (χ0n) is 31.5. The van der Waals surface area contributed by atoms with Gasteiger partial charge in [0.1, 0.15) is 0 Å². The van der Waals surface area contributed by atoms with Crippen LogP contribution in [0, 0.1) is 50.2 Å². The van der Waals surface area contributed by atoms with Gasteiger partial charge in [-0.2, -0.15) is 0 Å².